The third-order valence-corrected chi connectivity index (χ3v) is 5.74. The van der Waals surface area contributed by atoms with Gasteiger partial charge in [-0.05, 0) is 41.5 Å². The van der Waals surface area contributed by atoms with Crippen LogP contribution in [0.15, 0.2) is 95.9 Å². The van der Waals surface area contributed by atoms with Crippen LogP contribution in [0.5, 0.6) is 0 Å². The molecule has 0 spiro atoms. The van der Waals surface area contributed by atoms with Crippen LogP contribution in [0.2, 0.25) is 0 Å². The Morgan fingerprint density at radius 3 is 2.00 bits per heavy atom. The summed E-state index contributed by atoms with van der Waals surface area (Å²) < 4.78 is 23.5. The highest BCUT2D eigenvalue weighted by atomic mass is 32.2. The van der Waals surface area contributed by atoms with Crippen LogP contribution in [0, 0.1) is 0 Å². The lowest BCUT2D eigenvalue weighted by Crippen LogP contribution is -2.33. The normalized spacial score (nSPS) is 16.7. The molecule has 1 unspecified atom stereocenters. The Labute approximate surface area is 159 Å². The van der Waals surface area contributed by atoms with Gasteiger partial charge in [0, 0.05) is 6.26 Å². The van der Waals surface area contributed by atoms with Gasteiger partial charge in [-0.2, -0.15) is 0 Å². The third-order valence-electron chi connectivity index (χ3n) is 4.61. The summed E-state index contributed by atoms with van der Waals surface area (Å²) in [5.74, 6) is 0. The zero-order valence-corrected chi connectivity index (χ0v) is 15.7. The second kappa shape index (κ2) is 6.93. The van der Waals surface area contributed by atoms with Crippen LogP contribution in [0.3, 0.4) is 0 Å². The highest BCUT2D eigenvalue weighted by Gasteiger charge is 2.27. The van der Waals surface area contributed by atoms with Crippen LogP contribution >= 0.6 is 0 Å². The molecule has 1 atom stereocenters. The van der Waals surface area contributed by atoms with Crippen molar-refractivity contribution in [2.24, 2.45) is 0 Å². The fourth-order valence-electron chi connectivity index (χ4n) is 3.22. The number of rotatable bonds is 4. The van der Waals surface area contributed by atoms with Gasteiger partial charge in [-0.15, -0.1) is 0 Å². The molecule has 0 aliphatic carbocycles. The summed E-state index contributed by atoms with van der Waals surface area (Å²) in [7, 11) is -3.21. The van der Waals surface area contributed by atoms with E-state index in [-0.39, 0.29) is 6.04 Å². The molecule has 4 nitrogen and oxygen atoms in total. The molecule has 4 rings (SSSR count). The van der Waals surface area contributed by atoms with Gasteiger partial charge in [-0.1, -0.05) is 60.7 Å². The minimum atomic E-state index is -3.21. The molecule has 0 bridgehead atoms. The van der Waals surface area contributed by atoms with Gasteiger partial charge in [0.25, 0.3) is 0 Å². The Morgan fingerprint density at radius 1 is 0.815 bits per heavy atom. The van der Waals surface area contributed by atoms with E-state index < -0.39 is 9.84 Å². The van der Waals surface area contributed by atoms with Crippen molar-refractivity contribution in [2.75, 3.05) is 11.3 Å². The molecule has 0 aromatic heterocycles. The number of nitrogens with one attached hydrogen (secondary N) is 1. The number of hydrogen-bond donors (Lipinski definition) is 1. The Balaban J connectivity index is 1.74. The number of para-hydroxylation sites is 1. The largest absolute Gasteiger partial charge is 0.297 e. The van der Waals surface area contributed by atoms with Crippen LogP contribution in [0.1, 0.15) is 17.2 Å². The highest BCUT2D eigenvalue weighted by Crippen LogP contribution is 2.35. The molecule has 0 fully saturated rings. The minimum absolute atomic E-state index is 0.0452. The summed E-state index contributed by atoms with van der Waals surface area (Å²) in [6.07, 6.45) is 3.39. The van der Waals surface area contributed by atoms with Gasteiger partial charge < -0.3 is 0 Å². The lowest BCUT2D eigenvalue weighted by molar-refractivity contribution is 0.602. The fourth-order valence-corrected chi connectivity index (χ4v) is 3.85. The first kappa shape index (κ1) is 17.4. The SMILES string of the molecule is CS(=O)(=O)c1ccc(C2C=C(c3ccccc3)NN2c2ccccc2)cc1. The van der Waals surface area contributed by atoms with Crippen LogP contribution < -0.4 is 10.4 Å². The first-order chi connectivity index (χ1) is 13.0. The molecule has 5 heteroatoms. The van der Waals surface area contributed by atoms with Crippen molar-refractivity contribution >= 4 is 21.2 Å². The molecule has 3 aromatic rings. The number of nitrogens with zero attached hydrogens (tertiary/aromatic N) is 1. The number of sulfone groups is 1. The molecule has 1 aliphatic heterocycles. The van der Waals surface area contributed by atoms with E-state index in [1.807, 2.05) is 60.7 Å². The molecular weight excluding hydrogens is 356 g/mol. The molecule has 1 aliphatic rings. The first-order valence-electron chi connectivity index (χ1n) is 8.70. The molecule has 0 saturated heterocycles. The lowest BCUT2D eigenvalue weighted by Gasteiger charge is -2.27. The van der Waals surface area contributed by atoms with Gasteiger partial charge in [-0.25, -0.2) is 8.42 Å². The second-order valence-electron chi connectivity index (χ2n) is 6.55. The van der Waals surface area contributed by atoms with E-state index in [1.165, 1.54) is 6.26 Å². The van der Waals surface area contributed by atoms with Gasteiger partial charge in [-0.3, -0.25) is 10.4 Å². The quantitative estimate of drug-likeness (QED) is 0.741. The maximum absolute atomic E-state index is 11.8. The number of hydrazine groups is 1. The maximum atomic E-state index is 11.8. The number of benzene rings is 3. The lowest BCUT2D eigenvalue weighted by atomic mass is 10.0. The molecule has 1 N–H and O–H groups in total. The zero-order valence-electron chi connectivity index (χ0n) is 14.9. The zero-order chi connectivity index (χ0) is 18.9. The van der Waals surface area contributed by atoms with E-state index in [9.17, 15) is 8.42 Å². The van der Waals surface area contributed by atoms with Crippen molar-refractivity contribution in [3.63, 3.8) is 0 Å². The summed E-state index contributed by atoms with van der Waals surface area (Å²) in [4.78, 5) is 0.329. The Kier molecular flexibility index (Phi) is 4.46. The monoisotopic (exact) mass is 376 g/mol. The topological polar surface area (TPSA) is 49.4 Å². The Bertz CT molecular complexity index is 1060. The summed E-state index contributed by atoms with van der Waals surface area (Å²) in [6.45, 7) is 0. The molecular formula is C22H20N2O2S. The molecule has 0 radical (unpaired) electrons. The summed E-state index contributed by atoms with van der Waals surface area (Å²) in [5, 5.41) is 2.10. The van der Waals surface area contributed by atoms with Gasteiger partial charge in [0.2, 0.25) is 0 Å². The Morgan fingerprint density at radius 2 is 1.41 bits per heavy atom. The van der Waals surface area contributed by atoms with Crippen LogP contribution in [0.4, 0.5) is 5.69 Å². The van der Waals surface area contributed by atoms with Gasteiger partial charge in [0.15, 0.2) is 9.84 Å². The maximum Gasteiger partial charge on any atom is 0.175 e. The molecule has 1 heterocycles. The van der Waals surface area contributed by atoms with E-state index in [4.69, 9.17) is 0 Å². The van der Waals surface area contributed by atoms with Crippen molar-refractivity contribution in [2.45, 2.75) is 10.9 Å². The number of hydrogen-bond acceptors (Lipinski definition) is 4. The van der Waals surface area contributed by atoms with Crippen molar-refractivity contribution in [3.05, 3.63) is 102 Å². The van der Waals surface area contributed by atoms with Crippen molar-refractivity contribution in [1.29, 1.82) is 0 Å². The predicted molar refractivity (Wildman–Crippen MR) is 109 cm³/mol. The van der Waals surface area contributed by atoms with E-state index in [1.54, 1.807) is 12.1 Å². The minimum Gasteiger partial charge on any atom is -0.297 e. The molecule has 27 heavy (non-hydrogen) atoms. The van der Waals surface area contributed by atoms with Crippen molar-refractivity contribution in [3.8, 4) is 0 Å². The highest BCUT2D eigenvalue weighted by molar-refractivity contribution is 7.90. The van der Waals surface area contributed by atoms with E-state index in [0.29, 0.717) is 4.90 Å². The predicted octanol–water partition coefficient (Wildman–Crippen LogP) is 4.20. The Hall–Kier alpha value is -3.05. The average molecular weight is 376 g/mol. The standard InChI is InChI=1S/C22H20N2O2S/c1-27(25,26)20-14-12-18(13-15-20)22-16-21(17-8-4-2-5-9-17)23-24(22)19-10-6-3-7-11-19/h2-16,22-23H,1H3. The van der Waals surface area contributed by atoms with Crippen molar-refractivity contribution in [1.82, 2.24) is 5.43 Å². The summed E-state index contributed by atoms with van der Waals surface area (Å²) in [6, 6.07) is 27.3. The average Bonchev–Trinajstić information content (AvgIpc) is 3.14. The fraction of sp³-hybridized carbons (Fsp3) is 0.0909. The van der Waals surface area contributed by atoms with E-state index in [2.05, 4.69) is 28.6 Å². The van der Waals surface area contributed by atoms with Gasteiger partial charge in [0.05, 0.1) is 22.3 Å². The smallest absolute Gasteiger partial charge is 0.175 e. The summed E-state index contributed by atoms with van der Waals surface area (Å²) in [5.41, 5.74) is 7.68. The van der Waals surface area contributed by atoms with Crippen LogP contribution in [-0.4, -0.2) is 14.7 Å². The van der Waals surface area contributed by atoms with Crippen LogP contribution in [0.25, 0.3) is 5.70 Å². The van der Waals surface area contributed by atoms with Gasteiger partial charge >= 0.3 is 0 Å². The van der Waals surface area contributed by atoms with E-state index in [0.717, 1.165) is 22.5 Å². The summed E-state index contributed by atoms with van der Waals surface area (Å²) >= 11 is 0. The molecule has 0 amide bonds. The third kappa shape index (κ3) is 3.59. The first-order valence-corrected chi connectivity index (χ1v) is 10.6. The van der Waals surface area contributed by atoms with Gasteiger partial charge in [0.1, 0.15) is 0 Å². The second-order valence-corrected chi connectivity index (χ2v) is 8.57. The number of anilines is 1. The van der Waals surface area contributed by atoms with Crippen molar-refractivity contribution < 1.29 is 8.42 Å². The van der Waals surface area contributed by atoms with Crippen LogP contribution in [-0.2, 0) is 9.84 Å². The molecule has 136 valence electrons. The van der Waals surface area contributed by atoms with E-state index >= 15 is 0 Å². The molecule has 0 saturated carbocycles. The molecule has 3 aromatic carbocycles.